The molecule has 0 aromatic heterocycles. The highest BCUT2D eigenvalue weighted by Crippen LogP contribution is 2.12. The van der Waals surface area contributed by atoms with Crippen LogP contribution in [-0.4, -0.2) is 19.0 Å². The molecule has 0 bridgehead atoms. The molecule has 0 heterocycles. The van der Waals surface area contributed by atoms with Crippen LogP contribution in [0.5, 0.6) is 5.75 Å². The van der Waals surface area contributed by atoms with E-state index < -0.39 is 0 Å². The minimum Gasteiger partial charge on any atom is -0.489 e. The van der Waals surface area contributed by atoms with Crippen molar-refractivity contribution in [2.45, 2.75) is 13.2 Å². The molecule has 0 amide bonds. The maximum atomic E-state index is 5.70. The van der Waals surface area contributed by atoms with Crippen LogP contribution in [-0.2, 0) is 13.2 Å². The van der Waals surface area contributed by atoms with E-state index in [4.69, 9.17) is 4.74 Å². The Morgan fingerprint density at radius 3 is 2.06 bits per heavy atom. The highest BCUT2D eigenvalue weighted by molar-refractivity contribution is 5.24. The summed E-state index contributed by atoms with van der Waals surface area (Å²) in [6, 6.07) is 18.5. The molecule has 2 rings (SSSR count). The molecule has 0 aliphatic carbocycles. The first-order valence-corrected chi connectivity index (χ1v) is 6.14. The van der Waals surface area contributed by atoms with E-state index in [1.807, 2.05) is 30.3 Å². The van der Waals surface area contributed by atoms with E-state index in [1.54, 1.807) is 0 Å². The molecule has 0 aliphatic rings. The van der Waals surface area contributed by atoms with E-state index in [1.165, 1.54) is 11.1 Å². The molecule has 2 nitrogen and oxygen atoms in total. The van der Waals surface area contributed by atoms with Crippen LogP contribution in [0.3, 0.4) is 0 Å². The predicted octanol–water partition coefficient (Wildman–Crippen LogP) is 3.33. The summed E-state index contributed by atoms with van der Waals surface area (Å²) < 4.78 is 5.70. The van der Waals surface area contributed by atoms with E-state index in [9.17, 15) is 0 Å². The van der Waals surface area contributed by atoms with Crippen LogP contribution < -0.4 is 4.74 Å². The molecule has 0 saturated heterocycles. The van der Waals surface area contributed by atoms with E-state index in [-0.39, 0.29) is 0 Å². The van der Waals surface area contributed by atoms with Gasteiger partial charge in [0.25, 0.3) is 0 Å². The first kappa shape index (κ1) is 12.7. The van der Waals surface area contributed by atoms with Crippen molar-refractivity contribution in [2.24, 2.45) is 0 Å². The normalized spacial score (nSPS) is 10.6. The topological polar surface area (TPSA) is 12.5 Å². The average molecular weight is 241 g/mol. The zero-order valence-corrected chi connectivity index (χ0v) is 11.0. The molecule has 0 N–H and O–H groups in total. The minimum atomic E-state index is 0.617. The molecule has 18 heavy (non-hydrogen) atoms. The third kappa shape index (κ3) is 3.90. The first-order chi connectivity index (χ1) is 8.74. The fourth-order valence-electron chi connectivity index (χ4n) is 1.79. The Balaban J connectivity index is 1.90. The number of benzene rings is 2. The Kier molecular flexibility index (Phi) is 4.37. The molecule has 2 aromatic carbocycles. The lowest BCUT2D eigenvalue weighted by atomic mass is 10.1. The van der Waals surface area contributed by atoms with Gasteiger partial charge in [-0.15, -0.1) is 0 Å². The van der Waals surface area contributed by atoms with Crippen LogP contribution in [0.4, 0.5) is 0 Å². The molecule has 94 valence electrons. The van der Waals surface area contributed by atoms with Gasteiger partial charge in [-0.25, -0.2) is 0 Å². The lowest BCUT2D eigenvalue weighted by Gasteiger charge is -2.10. The van der Waals surface area contributed by atoms with Crippen LogP contribution in [0.2, 0.25) is 0 Å². The predicted molar refractivity (Wildman–Crippen MR) is 74.6 cm³/mol. The summed E-state index contributed by atoms with van der Waals surface area (Å²) in [5.74, 6) is 0.912. The summed E-state index contributed by atoms with van der Waals surface area (Å²) in [6.07, 6.45) is 0. The Morgan fingerprint density at radius 2 is 1.44 bits per heavy atom. The Labute approximate surface area is 109 Å². The second-order valence-corrected chi connectivity index (χ2v) is 4.66. The lowest BCUT2D eigenvalue weighted by Crippen LogP contribution is -2.10. The van der Waals surface area contributed by atoms with Crippen molar-refractivity contribution in [3.05, 3.63) is 65.7 Å². The van der Waals surface area contributed by atoms with Crippen molar-refractivity contribution >= 4 is 0 Å². The summed E-state index contributed by atoms with van der Waals surface area (Å²) >= 11 is 0. The monoisotopic (exact) mass is 241 g/mol. The second kappa shape index (κ2) is 6.22. The summed E-state index contributed by atoms with van der Waals surface area (Å²) in [6.45, 7) is 1.59. The van der Waals surface area contributed by atoms with E-state index >= 15 is 0 Å². The van der Waals surface area contributed by atoms with E-state index in [0.717, 1.165) is 12.3 Å². The van der Waals surface area contributed by atoms with Crippen molar-refractivity contribution < 1.29 is 4.74 Å². The van der Waals surface area contributed by atoms with Gasteiger partial charge < -0.3 is 9.64 Å². The fraction of sp³-hybridized carbons (Fsp3) is 0.250. The summed E-state index contributed by atoms with van der Waals surface area (Å²) in [4.78, 5) is 2.16. The molecule has 0 fully saturated rings. The largest absolute Gasteiger partial charge is 0.489 e. The summed E-state index contributed by atoms with van der Waals surface area (Å²) in [5.41, 5.74) is 2.52. The number of rotatable bonds is 5. The molecule has 0 spiro atoms. The number of para-hydroxylation sites is 1. The standard InChI is InChI=1S/C16H19NO/c1-17(2)12-14-8-10-15(11-9-14)13-18-16-6-4-3-5-7-16/h3-11H,12-13H2,1-2H3. The smallest absolute Gasteiger partial charge is 0.119 e. The van der Waals surface area contributed by atoms with E-state index in [0.29, 0.717) is 6.61 Å². The van der Waals surface area contributed by atoms with Gasteiger partial charge in [0.15, 0.2) is 0 Å². The highest BCUT2D eigenvalue weighted by Gasteiger charge is 1.98. The average Bonchev–Trinajstić information content (AvgIpc) is 2.38. The maximum Gasteiger partial charge on any atom is 0.119 e. The number of hydrogen-bond acceptors (Lipinski definition) is 2. The third-order valence-corrected chi connectivity index (χ3v) is 2.67. The van der Waals surface area contributed by atoms with Gasteiger partial charge in [-0.3, -0.25) is 0 Å². The zero-order chi connectivity index (χ0) is 12.8. The Morgan fingerprint density at radius 1 is 0.833 bits per heavy atom. The maximum absolute atomic E-state index is 5.70. The van der Waals surface area contributed by atoms with Crippen molar-refractivity contribution in [1.29, 1.82) is 0 Å². The summed E-state index contributed by atoms with van der Waals surface area (Å²) in [7, 11) is 4.15. The Hall–Kier alpha value is -1.80. The highest BCUT2D eigenvalue weighted by atomic mass is 16.5. The zero-order valence-electron chi connectivity index (χ0n) is 11.0. The molecular weight excluding hydrogens is 222 g/mol. The number of ether oxygens (including phenoxy) is 1. The first-order valence-electron chi connectivity index (χ1n) is 6.14. The number of nitrogens with zero attached hydrogens (tertiary/aromatic N) is 1. The Bertz CT molecular complexity index is 462. The van der Waals surface area contributed by atoms with Gasteiger partial charge >= 0.3 is 0 Å². The van der Waals surface area contributed by atoms with Crippen molar-refractivity contribution in [2.75, 3.05) is 14.1 Å². The van der Waals surface area contributed by atoms with Gasteiger partial charge in [-0.2, -0.15) is 0 Å². The number of hydrogen-bond donors (Lipinski definition) is 0. The van der Waals surface area contributed by atoms with Gasteiger partial charge in [0.2, 0.25) is 0 Å². The van der Waals surface area contributed by atoms with Gasteiger partial charge in [-0.05, 0) is 37.4 Å². The van der Waals surface area contributed by atoms with Gasteiger partial charge in [0.1, 0.15) is 12.4 Å². The molecule has 0 atom stereocenters. The van der Waals surface area contributed by atoms with Gasteiger partial charge in [0, 0.05) is 6.54 Å². The van der Waals surface area contributed by atoms with Crippen LogP contribution in [0, 0.1) is 0 Å². The van der Waals surface area contributed by atoms with Crippen LogP contribution in [0.1, 0.15) is 11.1 Å². The molecular formula is C16H19NO. The summed E-state index contributed by atoms with van der Waals surface area (Å²) in [5, 5.41) is 0. The quantitative estimate of drug-likeness (QED) is 0.796. The lowest BCUT2D eigenvalue weighted by molar-refractivity contribution is 0.306. The molecule has 0 saturated carbocycles. The van der Waals surface area contributed by atoms with Crippen LogP contribution >= 0.6 is 0 Å². The van der Waals surface area contributed by atoms with Crippen molar-refractivity contribution in [3.63, 3.8) is 0 Å². The molecule has 2 heteroatoms. The van der Waals surface area contributed by atoms with E-state index in [2.05, 4.69) is 43.3 Å². The van der Waals surface area contributed by atoms with Gasteiger partial charge in [-0.1, -0.05) is 42.5 Å². The molecule has 0 radical (unpaired) electrons. The van der Waals surface area contributed by atoms with Crippen molar-refractivity contribution in [1.82, 2.24) is 4.90 Å². The molecule has 2 aromatic rings. The SMILES string of the molecule is CN(C)Cc1ccc(COc2ccccc2)cc1. The third-order valence-electron chi connectivity index (χ3n) is 2.67. The van der Waals surface area contributed by atoms with Crippen molar-refractivity contribution in [3.8, 4) is 5.75 Å². The fourth-order valence-corrected chi connectivity index (χ4v) is 1.79. The van der Waals surface area contributed by atoms with Gasteiger partial charge in [0.05, 0.1) is 0 Å². The molecule has 0 aliphatic heterocycles. The van der Waals surface area contributed by atoms with Crippen LogP contribution in [0.15, 0.2) is 54.6 Å². The molecule has 0 unspecified atom stereocenters. The second-order valence-electron chi connectivity index (χ2n) is 4.66. The minimum absolute atomic E-state index is 0.617. The van der Waals surface area contributed by atoms with Crippen LogP contribution in [0.25, 0.3) is 0 Å².